The Morgan fingerprint density at radius 2 is 1.36 bits per heavy atom. The molecular formula is C17H13N3O5. The van der Waals surface area contributed by atoms with Crippen LogP contribution in [-0.4, -0.2) is 17.7 Å². The van der Waals surface area contributed by atoms with Gasteiger partial charge in [0.2, 0.25) is 0 Å². The largest absolute Gasteiger partial charge is 0.459 e. The summed E-state index contributed by atoms with van der Waals surface area (Å²) in [5, 5.41) is 2.61. The maximum Gasteiger partial charge on any atom is 0.305 e. The molecule has 8 nitrogen and oxygen atoms in total. The van der Waals surface area contributed by atoms with Crippen molar-refractivity contribution in [3.05, 3.63) is 78.1 Å². The molecule has 0 unspecified atom stereocenters. The van der Waals surface area contributed by atoms with E-state index in [1.54, 1.807) is 24.3 Å². The van der Waals surface area contributed by atoms with E-state index in [2.05, 4.69) is 16.2 Å². The van der Waals surface area contributed by atoms with Crippen LogP contribution in [0.1, 0.15) is 31.5 Å². The Morgan fingerprint density at radius 3 is 2.00 bits per heavy atom. The van der Waals surface area contributed by atoms with Gasteiger partial charge < -0.3 is 14.2 Å². The molecule has 8 heteroatoms. The predicted octanol–water partition coefficient (Wildman–Crippen LogP) is 2.20. The summed E-state index contributed by atoms with van der Waals surface area (Å²) in [5.41, 5.74) is 5.15. The van der Waals surface area contributed by atoms with Gasteiger partial charge >= 0.3 is 5.91 Å². The van der Waals surface area contributed by atoms with E-state index in [0.29, 0.717) is 5.69 Å². The minimum Gasteiger partial charge on any atom is -0.459 e. The zero-order valence-electron chi connectivity index (χ0n) is 12.8. The van der Waals surface area contributed by atoms with Crippen LogP contribution in [0.3, 0.4) is 0 Å². The highest BCUT2D eigenvalue weighted by Crippen LogP contribution is 2.12. The molecule has 2 aromatic heterocycles. The fraction of sp³-hybridized carbons (Fsp3) is 0. The first-order chi connectivity index (χ1) is 12.1. The molecule has 2 heterocycles. The van der Waals surface area contributed by atoms with Crippen LogP contribution in [0.5, 0.6) is 0 Å². The van der Waals surface area contributed by atoms with Gasteiger partial charge in [-0.1, -0.05) is 6.07 Å². The summed E-state index contributed by atoms with van der Waals surface area (Å²) >= 11 is 0. The van der Waals surface area contributed by atoms with Crippen LogP contribution < -0.4 is 16.2 Å². The lowest BCUT2D eigenvalue weighted by Gasteiger charge is -2.08. The van der Waals surface area contributed by atoms with Crippen molar-refractivity contribution < 1.29 is 23.2 Å². The minimum absolute atomic E-state index is 0.0692. The zero-order chi connectivity index (χ0) is 17.6. The number of furan rings is 2. The Morgan fingerprint density at radius 1 is 0.720 bits per heavy atom. The third-order valence-electron chi connectivity index (χ3n) is 3.16. The lowest BCUT2D eigenvalue weighted by molar-refractivity contribution is 0.0831. The van der Waals surface area contributed by atoms with Gasteiger partial charge in [0.1, 0.15) is 0 Å². The van der Waals surface area contributed by atoms with Gasteiger partial charge in [0.25, 0.3) is 11.8 Å². The number of rotatable bonds is 4. The minimum atomic E-state index is -0.583. The number of anilines is 1. The molecule has 0 atom stereocenters. The molecule has 0 spiro atoms. The molecule has 3 N–H and O–H groups in total. The van der Waals surface area contributed by atoms with Gasteiger partial charge in [-0.25, -0.2) is 0 Å². The van der Waals surface area contributed by atoms with E-state index >= 15 is 0 Å². The van der Waals surface area contributed by atoms with Gasteiger partial charge in [0.05, 0.1) is 12.5 Å². The average molecular weight is 339 g/mol. The van der Waals surface area contributed by atoms with E-state index in [0.717, 1.165) is 0 Å². The second kappa shape index (κ2) is 7.18. The van der Waals surface area contributed by atoms with Crippen LogP contribution in [-0.2, 0) is 0 Å². The molecule has 0 saturated carbocycles. The molecule has 0 aliphatic rings. The summed E-state index contributed by atoms with van der Waals surface area (Å²) in [4.78, 5) is 35.7. The maximum absolute atomic E-state index is 12.1. The lowest BCUT2D eigenvalue weighted by atomic mass is 10.2. The zero-order valence-corrected chi connectivity index (χ0v) is 12.8. The molecule has 0 aliphatic carbocycles. The van der Waals surface area contributed by atoms with Crippen molar-refractivity contribution in [3.63, 3.8) is 0 Å². The number of nitrogens with one attached hydrogen (secondary N) is 3. The Balaban J connectivity index is 1.61. The van der Waals surface area contributed by atoms with Gasteiger partial charge in [-0.2, -0.15) is 0 Å². The number of carbonyl (C=O) groups is 3. The quantitative estimate of drug-likeness (QED) is 0.631. The third kappa shape index (κ3) is 3.94. The highest BCUT2D eigenvalue weighted by molar-refractivity contribution is 6.03. The molecule has 0 aliphatic heterocycles. The second-order valence-electron chi connectivity index (χ2n) is 4.90. The highest BCUT2D eigenvalue weighted by atomic mass is 16.3. The molecule has 3 aromatic rings. The Bertz CT molecular complexity index is 885. The first-order valence-corrected chi connectivity index (χ1v) is 7.22. The van der Waals surface area contributed by atoms with Crippen molar-refractivity contribution in [2.45, 2.75) is 0 Å². The van der Waals surface area contributed by atoms with Crippen molar-refractivity contribution in [1.29, 1.82) is 0 Å². The first kappa shape index (κ1) is 16.1. The Hall–Kier alpha value is -3.81. The number of carbonyl (C=O) groups excluding carboxylic acids is 3. The van der Waals surface area contributed by atoms with Gasteiger partial charge in [0.15, 0.2) is 11.5 Å². The Labute approximate surface area is 141 Å². The van der Waals surface area contributed by atoms with Crippen LogP contribution in [0.25, 0.3) is 0 Å². The van der Waals surface area contributed by atoms with Gasteiger partial charge in [-0.15, -0.1) is 0 Å². The molecule has 3 rings (SSSR count). The van der Waals surface area contributed by atoms with Crippen LogP contribution in [0.2, 0.25) is 0 Å². The summed E-state index contributed by atoms with van der Waals surface area (Å²) < 4.78 is 9.91. The van der Waals surface area contributed by atoms with E-state index in [-0.39, 0.29) is 17.1 Å². The Kier molecular flexibility index (Phi) is 4.61. The van der Waals surface area contributed by atoms with Gasteiger partial charge in [-0.3, -0.25) is 25.2 Å². The molecule has 1 aromatic carbocycles. The first-order valence-electron chi connectivity index (χ1n) is 7.22. The smallest absolute Gasteiger partial charge is 0.305 e. The van der Waals surface area contributed by atoms with Crippen LogP contribution in [0, 0.1) is 0 Å². The monoisotopic (exact) mass is 339 g/mol. The van der Waals surface area contributed by atoms with Crippen molar-refractivity contribution >= 4 is 23.4 Å². The summed E-state index contributed by atoms with van der Waals surface area (Å²) in [5.74, 6) is -1.34. The number of hydrogen-bond acceptors (Lipinski definition) is 5. The fourth-order valence-corrected chi connectivity index (χ4v) is 1.99. The van der Waals surface area contributed by atoms with Gasteiger partial charge in [0, 0.05) is 11.3 Å². The van der Waals surface area contributed by atoms with Crippen molar-refractivity contribution in [1.82, 2.24) is 10.9 Å². The third-order valence-corrected chi connectivity index (χ3v) is 3.16. The number of hydrazine groups is 1. The molecule has 3 amide bonds. The second-order valence-corrected chi connectivity index (χ2v) is 4.90. The molecular weight excluding hydrogens is 326 g/mol. The summed E-state index contributed by atoms with van der Waals surface area (Å²) in [7, 11) is 0. The fourth-order valence-electron chi connectivity index (χ4n) is 1.99. The van der Waals surface area contributed by atoms with E-state index < -0.39 is 17.7 Å². The molecule has 0 fully saturated rings. The average Bonchev–Trinajstić information content (AvgIpc) is 3.33. The van der Waals surface area contributed by atoms with E-state index in [9.17, 15) is 14.4 Å². The molecule has 126 valence electrons. The van der Waals surface area contributed by atoms with E-state index in [4.69, 9.17) is 8.83 Å². The number of benzene rings is 1. The lowest BCUT2D eigenvalue weighted by Crippen LogP contribution is -2.41. The normalized spacial score (nSPS) is 10.1. The van der Waals surface area contributed by atoms with E-state index in [1.807, 2.05) is 0 Å². The SMILES string of the molecule is O=C(NNC(=O)c1ccco1)c1cccc(NC(=O)c2ccco2)c1. The van der Waals surface area contributed by atoms with Crippen LogP contribution >= 0.6 is 0 Å². The van der Waals surface area contributed by atoms with Crippen LogP contribution in [0.4, 0.5) is 5.69 Å². The summed E-state index contributed by atoms with van der Waals surface area (Å²) in [6.07, 6.45) is 2.74. The molecule has 0 bridgehead atoms. The highest BCUT2D eigenvalue weighted by Gasteiger charge is 2.13. The van der Waals surface area contributed by atoms with Crippen molar-refractivity contribution in [2.24, 2.45) is 0 Å². The topological polar surface area (TPSA) is 114 Å². The number of hydrogen-bond donors (Lipinski definition) is 3. The summed E-state index contributed by atoms with van der Waals surface area (Å²) in [6.45, 7) is 0. The van der Waals surface area contributed by atoms with E-state index in [1.165, 1.54) is 36.8 Å². The van der Waals surface area contributed by atoms with Crippen molar-refractivity contribution in [3.8, 4) is 0 Å². The standard InChI is InChI=1S/C17H13N3O5/c21-15(19-20-17(23)14-7-3-9-25-14)11-4-1-5-12(10-11)18-16(22)13-6-2-8-24-13/h1-10H,(H,18,22)(H,19,21)(H,20,23). The molecule has 0 radical (unpaired) electrons. The summed E-state index contributed by atoms with van der Waals surface area (Å²) in [6, 6.07) is 12.4. The molecule has 25 heavy (non-hydrogen) atoms. The predicted molar refractivity (Wildman–Crippen MR) is 86.7 cm³/mol. The van der Waals surface area contributed by atoms with Crippen LogP contribution in [0.15, 0.2) is 69.9 Å². The maximum atomic E-state index is 12.1. The molecule has 0 saturated heterocycles. The van der Waals surface area contributed by atoms with Gasteiger partial charge in [-0.05, 0) is 42.5 Å². The number of amides is 3. The van der Waals surface area contributed by atoms with Crippen molar-refractivity contribution in [2.75, 3.05) is 5.32 Å².